The molecule has 2 aromatic rings. The van der Waals surface area contributed by atoms with Gasteiger partial charge in [-0.1, -0.05) is 58.0 Å². The molecule has 2 amide bonds. The number of carbonyl (C=O) groups is 3. The average molecular weight is 596 g/mol. The summed E-state index contributed by atoms with van der Waals surface area (Å²) in [5, 5.41) is 11.4. The van der Waals surface area contributed by atoms with Crippen molar-refractivity contribution in [3.63, 3.8) is 0 Å². The number of carbonyl (C=O) groups excluding carboxylic acids is 2. The summed E-state index contributed by atoms with van der Waals surface area (Å²) in [6.07, 6.45) is 3.27. The summed E-state index contributed by atoms with van der Waals surface area (Å²) < 4.78 is 29.2. The number of hydrogen-bond acceptors (Lipinski definition) is 4. The van der Waals surface area contributed by atoms with Gasteiger partial charge in [-0.15, -0.1) is 0 Å². The average Bonchev–Trinajstić information content (AvgIpc) is 3.24. The number of nitrogens with one attached hydrogen (secondary N) is 1. The van der Waals surface area contributed by atoms with E-state index in [2.05, 4.69) is 26.1 Å². The van der Waals surface area contributed by atoms with Crippen LogP contribution >= 0.6 is 0 Å². The maximum absolute atomic E-state index is 14.6. The molecule has 0 aromatic heterocycles. The van der Waals surface area contributed by atoms with Crippen LogP contribution in [0.5, 0.6) is 0 Å². The molecule has 1 heterocycles. The zero-order valence-corrected chi connectivity index (χ0v) is 25.8. The summed E-state index contributed by atoms with van der Waals surface area (Å²) in [6.45, 7) is 10.2. The number of halogens is 2. The number of nitrogens with zero attached hydrogens (tertiary/aromatic N) is 2. The van der Waals surface area contributed by atoms with Crippen molar-refractivity contribution in [1.82, 2.24) is 10.2 Å². The molecule has 2 aromatic carbocycles. The van der Waals surface area contributed by atoms with Crippen molar-refractivity contribution >= 4 is 23.5 Å². The molecule has 7 nitrogen and oxygen atoms in total. The Morgan fingerprint density at radius 2 is 1.77 bits per heavy atom. The van der Waals surface area contributed by atoms with E-state index >= 15 is 0 Å². The lowest BCUT2D eigenvalue weighted by molar-refractivity contribution is -0.137. The second-order valence-electron chi connectivity index (χ2n) is 13.0. The fourth-order valence-corrected chi connectivity index (χ4v) is 6.42. The van der Waals surface area contributed by atoms with Crippen LogP contribution in [0.25, 0.3) is 0 Å². The number of hydrogen-bond donors (Lipinski definition) is 2. The van der Waals surface area contributed by atoms with Crippen LogP contribution in [-0.2, 0) is 21.9 Å². The number of benzene rings is 2. The van der Waals surface area contributed by atoms with Gasteiger partial charge in [0, 0.05) is 35.7 Å². The molecule has 2 N–H and O–H groups in total. The largest absolute Gasteiger partial charge is 0.481 e. The Bertz CT molecular complexity index is 1370. The van der Waals surface area contributed by atoms with Crippen LogP contribution in [0.15, 0.2) is 53.5 Å². The number of amides is 2. The minimum absolute atomic E-state index is 0.0451. The topological polar surface area (TPSA) is 99.1 Å². The molecular formula is C34H43F2N3O4. The molecular weight excluding hydrogens is 552 g/mol. The maximum Gasteiger partial charge on any atom is 0.305 e. The van der Waals surface area contributed by atoms with Gasteiger partial charge in [-0.2, -0.15) is 0 Å². The summed E-state index contributed by atoms with van der Waals surface area (Å²) in [6, 6.07) is 12.9. The van der Waals surface area contributed by atoms with Crippen molar-refractivity contribution in [3.05, 3.63) is 70.8 Å². The molecule has 1 saturated carbocycles. The van der Waals surface area contributed by atoms with E-state index < -0.39 is 17.6 Å². The fraction of sp³-hybridized carbons (Fsp3) is 0.529. The van der Waals surface area contributed by atoms with Gasteiger partial charge >= 0.3 is 5.97 Å². The van der Waals surface area contributed by atoms with E-state index in [-0.39, 0.29) is 53.9 Å². The third kappa shape index (κ3) is 7.13. The van der Waals surface area contributed by atoms with E-state index in [4.69, 9.17) is 10.1 Å². The van der Waals surface area contributed by atoms with Crippen molar-refractivity contribution in [2.75, 3.05) is 6.54 Å². The summed E-state index contributed by atoms with van der Waals surface area (Å²) in [5.74, 6) is -4.07. The monoisotopic (exact) mass is 595 g/mol. The Labute approximate surface area is 252 Å². The summed E-state index contributed by atoms with van der Waals surface area (Å²) in [4.78, 5) is 44.2. The first kappa shape index (κ1) is 32.3. The highest BCUT2D eigenvalue weighted by Crippen LogP contribution is 2.47. The van der Waals surface area contributed by atoms with Crippen molar-refractivity contribution in [2.45, 2.75) is 97.2 Å². The molecule has 1 atom stereocenters. The minimum atomic E-state index is -2.99. The maximum atomic E-state index is 14.6. The third-order valence-electron chi connectivity index (χ3n) is 9.02. The standard InChI is InChI=1S/C34H43F2N3O4/c1-6-34(35,36)27-9-7-8-25(21-27)29-31(43)39(33(38-29)17-14-26(15-18-33)32(3,4)5)22(2)20-23-10-12-24(13-11-23)30(42)37-19-16-28(40)41/h7-13,21-22,26H,6,14-20H2,1-5H3,(H,37,42)(H,40,41). The first-order valence-corrected chi connectivity index (χ1v) is 15.2. The minimum Gasteiger partial charge on any atom is -0.481 e. The van der Waals surface area contributed by atoms with Gasteiger partial charge in [-0.25, -0.2) is 8.78 Å². The van der Waals surface area contributed by atoms with Crippen LogP contribution in [-0.4, -0.2) is 51.8 Å². The number of aliphatic imine (C=N–C) groups is 1. The fourth-order valence-electron chi connectivity index (χ4n) is 6.42. The van der Waals surface area contributed by atoms with Gasteiger partial charge in [0.1, 0.15) is 11.4 Å². The van der Waals surface area contributed by atoms with Crippen LogP contribution in [0.3, 0.4) is 0 Å². The summed E-state index contributed by atoms with van der Waals surface area (Å²) in [7, 11) is 0. The van der Waals surface area contributed by atoms with Gasteiger partial charge in [0.05, 0.1) is 6.42 Å². The van der Waals surface area contributed by atoms with Crippen molar-refractivity contribution in [2.24, 2.45) is 16.3 Å². The molecule has 1 aliphatic heterocycles. The lowest BCUT2D eigenvalue weighted by Crippen LogP contribution is -2.54. The van der Waals surface area contributed by atoms with Crippen molar-refractivity contribution < 1.29 is 28.3 Å². The first-order chi connectivity index (χ1) is 20.2. The number of aliphatic carboxylic acids is 1. The Kier molecular flexibility index (Phi) is 9.42. The molecule has 0 radical (unpaired) electrons. The normalized spacial score (nSPS) is 21.6. The molecule has 43 heavy (non-hydrogen) atoms. The second-order valence-corrected chi connectivity index (χ2v) is 13.0. The zero-order chi connectivity index (χ0) is 31.6. The van der Waals surface area contributed by atoms with Crippen LogP contribution in [0.1, 0.15) is 100 Å². The molecule has 1 unspecified atom stereocenters. The first-order valence-electron chi connectivity index (χ1n) is 15.2. The number of alkyl halides is 2. The Morgan fingerprint density at radius 3 is 2.35 bits per heavy atom. The SMILES string of the molecule is CCC(F)(F)c1cccc(C2=NC3(CCC(C(C)(C)C)CC3)N(C(C)Cc3ccc(C(=O)NCCC(=O)O)cc3)C2=O)c1. The summed E-state index contributed by atoms with van der Waals surface area (Å²) >= 11 is 0. The van der Waals surface area contributed by atoms with E-state index in [9.17, 15) is 23.2 Å². The molecule has 2 aliphatic rings. The highest BCUT2D eigenvalue weighted by molar-refractivity contribution is 6.46. The molecule has 232 valence electrons. The third-order valence-corrected chi connectivity index (χ3v) is 9.02. The lowest BCUT2D eigenvalue weighted by Gasteiger charge is -2.46. The second kappa shape index (κ2) is 12.5. The van der Waals surface area contributed by atoms with Crippen molar-refractivity contribution in [3.8, 4) is 0 Å². The van der Waals surface area contributed by atoms with E-state index in [0.717, 1.165) is 18.4 Å². The summed E-state index contributed by atoms with van der Waals surface area (Å²) in [5.41, 5.74) is 1.29. The predicted octanol–water partition coefficient (Wildman–Crippen LogP) is 6.59. The zero-order valence-electron chi connectivity index (χ0n) is 25.8. The number of carboxylic acid groups (broad SMARTS) is 1. The Morgan fingerprint density at radius 1 is 1.12 bits per heavy atom. The molecule has 0 saturated heterocycles. The van der Waals surface area contributed by atoms with Gasteiger partial charge in [0.15, 0.2) is 0 Å². The van der Waals surface area contributed by atoms with Crippen LogP contribution in [0.2, 0.25) is 0 Å². The molecule has 9 heteroatoms. The van der Waals surface area contributed by atoms with Gasteiger partial charge < -0.3 is 15.3 Å². The Balaban J connectivity index is 1.59. The molecule has 1 aliphatic carbocycles. The smallest absolute Gasteiger partial charge is 0.305 e. The van der Waals surface area contributed by atoms with Crippen LogP contribution in [0, 0.1) is 11.3 Å². The van der Waals surface area contributed by atoms with Gasteiger partial charge in [0.2, 0.25) is 0 Å². The van der Waals surface area contributed by atoms with Gasteiger partial charge in [-0.3, -0.25) is 19.4 Å². The highest BCUT2D eigenvalue weighted by Gasteiger charge is 2.51. The molecule has 4 rings (SSSR count). The Hall–Kier alpha value is -3.62. The highest BCUT2D eigenvalue weighted by atomic mass is 19.3. The van der Waals surface area contributed by atoms with E-state index in [0.29, 0.717) is 36.3 Å². The van der Waals surface area contributed by atoms with E-state index in [1.54, 1.807) is 24.3 Å². The lowest BCUT2D eigenvalue weighted by atomic mass is 9.69. The molecule has 1 fully saturated rings. The van der Waals surface area contributed by atoms with Crippen LogP contribution in [0.4, 0.5) is 8.78 Å². The van der Waals surface area contributed by atoms with Gasteiger partial charge in [0.25, 0.3) is 17.7 Å². The quantitative estimate of drug-likeness (QED) is 0.324. The predicted molar refractivity (Wildman–Crippen MR) is 162 cm³/mol. The van der Waals surface area contributed by atoms with E-state index in [1.165, 1.54) is 19.1 Å². The molecule has 0 bridgehead atoms. The number of rotatable bonds is 10. The van der Waals surface area contributed by atoms with Gasteiger partial charge in [-0.05, 0) is 74.1 Å². The van der Waals surface area contributed by atoms with E-state index in [1.807, 2.05) is 24.0 Å². The molecule has 1 spiro atoms. The van der Waals surface area contributed by atoms with Crippen LogP contribution < -0.4 is 5.32 Å². The van der Waals surface area contributed by atoms with Crippen molar-refractivity contribution in [1.29, 1.82) is 0 Å². The number of carboxylic acids is 1.